The van der Waals surface area contributed by atoms with Crippen molar-refractivity contribution in [3.05, 3.63) is 0 Å². The lowest BCUT2D eigenvalue weighted by atomic mass is 10.2. The third kappa shape index (κ3) is 5.63. The van der Waals surface area contributed by atoms with Crippen molar-refractivity contribution in [2.24, 2.45) is 5.92 Å². The van der Waals surface area contributed by atoms with Gasteiger partial charge in [0.25, 0.3) is 0 Å². The van der Waals surface area contributed by atoms with Crippen LogP contribution in [0.25, 0.3) is 0 Å². The zero-order valence-electron chi connectivity index (χ0n) is 4.05. The second-order valence-corrected chi connectivity index (χ2v) is 1.16. The Kier molecular flexibility index (Phi) is 7.88. The van der Waals surface area contributed by atoms with Gasteiger partial charge in [-0.15, -0.1) is 12.4 Å². The van der Waals surface area contributed by atoms with E-state index in [4.69, 9.17) is 5.41 Å². The first-order valence-corrected chi connectivity index (χ1v) is 1.77. The van der Waals surface area contributed by atoms with Crippen LogP contribution in [-0.2, 0) is 4.79 Å². The Balaban J connectivity index is 0. The van der Waals surface area contributed by atoms with E-state index in [9.17, 15) is 4.79 Å². The van der Waals surface area contributed by atoms with Gasteiger partial charge in [0.05, 0.1) is 0 Å². The van der Waals surface area contributed by atoms with Crippen LogP contribution in [0.15, 0.2) is 0 Å². The summed E-state index contributed by atoms with van der Waals surface area (Å²) in [6.45, 7) is 1.67. The van der Waals surface area contributed by atoms with Crippen LogP contribution in [0.2, 0.25) is 0 Å². The number of rotatable bonds is 2. The van der Waals surface area contributed by atoms with Crippen LogP contribution < -0.4 is 0 Å². The molecule has 1 unspecified atom stereocenters. The average molecular weight is 122 g/mol. The molecule has 1 N–H and O–H groups in total. The fourth-order valence-corrected chi connectivity index (χ4v) is 0.0393. The Labute approximate surface area is 48.8 Å². The topological polar surface area (TPSA) is 40.9 Å². The summed E-state index contributed by atoms with van der Waals surface area (Å²) in [5.41, 5.74) is 0. The molecule has 0 aliphatic carbocycles. The van der Waals surface area contributed by atoms with E-state index < -0.39 is 0 Å². The average Bonchev–Trinajstić information content (AvgIpc) is 1.65. The lowest BCUT2D eigenvalue weighted by Crippen LogP contribution is -1.93. The van der Waals surface area contributed by atoms with Crippen LogP contribution in [0.4, 0.5) is 0 Å². The highest BCUT2D eigenvalue weighted by Gasteiger charge is 1.86. The molecule has 0 fully saturated rings. The van der Waals surface area contributed by atoms with Crippen LogP contribution >= 0.6 is 12.4 Å². The molecular weight excluding hydrogens is 114 g/mol. The Morgan fingerprint density at radius 1 is 1.71 bits per heavy atom. The molecular formula is C4H8ClNO. The Bertz CT molecular complexity index is 56.7. The maximum absolute atomic E-state index is 9.58. The van der Waals surface area contributed by atoms with Crippen molar-refractivity contribution in [2.45, 2.75) is 6.92 Å². The molecule has 1 atom stereocenters. The van der Waals surface area contributed by atoms with Crippen LogP contribution in [0.3, 0.4) is 0 Å². The highest BCUT2D eigenvalue weighted by molar-refractivity contribution is 5.85. The fourth-order valence-electron chi connectivity index (χ4n) is 0.0393. The van der Waals surface area contributed by atoms with E-state index in [0.29, 0.717) is 0 Å². The van der Waals surface area contributed by atoms with E-state index in [-0.39, 0.29) is 18.3 Å². The zero-order valence-corrected chi connectivity index (χ0v) is 4.87. The standard InChI is InChI=1S/C4H7NO.ClH/c1-4(2-5)3-6;/h2-5H,1H3;1H. The third-order valence-electron chi connectivity index (χ3n) is 0.478. The van der Waals surface area contributed by atoms with Crippen molar-refractivity contribution in [3.8, 4) is 0 Å². The molecule has 0 aliphatic rings. The first-order chi connectivity index (χ1) is 2.81. The van der Waals surface area contributed by atoms with Gasteiger partial charge in [-0.25, -0.2) is 0 Å². The molecule has 0 aromatic heterocycles. The van der Waals surface area contributed by atoms with Gasteiger partial charge >= 0.3 is 0 Å². The second-order valence-electron chi connectivity index (χ2n) is 1.16. The molecule has 2 nitrogen and oxygen atoms in total. The van der Waals surface area contributed by atoms with Gasteiger partial charge in [-0.1, -0.05) is 6.92 Å². The van der Waals surface area contributed by atoms with Crippen LogP contribution in [0, 0.1) is 11.3 Å². The van der Waals surface area contributed by atoms with E-state index >= 15 is 0 Å². The lowest BCUT2D eigenvalue weighted by Gasteiger charge is -1.81. The smallest absolute Gasteiger partial charge is 0.128 e. The van der Waals surface area contributed by atoms with Crippen LogP contribution in [-0.4, -0.2) is 12.5 Å². The monoisotopic (exact) mass is 121 g/mol. The van der Waals surface area contributed by atoms with Gasteiger partial charge in [-0.2, -0.15) is 0 Å². The molecule has 0 rings (SSSR count). The van der Waals surface area contributed by atoms with Crippen molar-refractivity contribution >= 4 is 24.9 Å². The number of carbonyl (C=O) groups excluding carboxylic acids is 1. The lowest BCUT2D eigenvalue weighted by molar-refractivity contribution is -0.109. The Morgan fingerprint density at radius 2 is 2.14 bits per heavy atom. The molecule has 0 spiro atoms. The van der Waals surface area contributed by atoms with Gasteiger partial charge < -0.3 is 10.2 Å². The van der Waals surface area contributed by atoms with Gasteiger partial charge in [-0.05, 0) is 0 Å². The number of halogens is 1. The highest BCUT2D eigenvalue weighted by Crippen LogP contribution is 1.76. The minimum absolute atomic E-state index is 0. The molecule has 0 saturated heterocycles. The molecule has 0 saturated carbocycles. The number of carbonyl (C=O) groups is 1. The van der Waals surface area contributed by atoms with Gasteiger partial charge in [0, 0.05) is 12.1 Å². The summed E-state index contributed by atoms with van der Waals surface area (Å²) in [5.74, 6) is -0.204. The maximum Gasteiger partial charge on any atom is 0.128 e. The molecule has 0 aromatic rings. The third-order valence-corrected chi connectivity index (χ3v) is 0.478. The summed E-state index contributed by atoms with van der Waals surface area (Å²) >= 11 is 0. The molecule has 3 heteroatoms. The van der Waals surface area contributed by atoms with E-state index in [1.807, 2.05) is 0 Å². The zero-order chi connectivity index (χ0) is 4.99. The van der Waals surface area contributed by atoms with Gasteiger partial charge in [0.1, 0.15) is 6.29 Å². The molecule has 0 aliphatic heterocycles. The molecule has 0 amide bonds. The largest absolute Gasteiger partial charge is 0.312 e. The molecule has 42 valence electrons. The van der Waals surface area contributed by atoms with E-state index in [2.05, 4.69) is 0 Å². The van der Waals surface area contributed by atoms with Crippen molar-refractivity contribution in [1.82, 2.24) is 0 Å². The van der Waals surface area contributed by atoms with Crippen LogP contribution in [0.1, 0.15) is 6.92 Å². The number of hydrogen-bond donors (Lipinski definition) is 1. The number of hydrogen-bond acceptors (Lipinski definition) is 2. The summed E-state index contributed by atoms with van der Waals surface area (Å²) in [5, 5.41) is 6.45. The predicted molar refractivity (Wildman–Crippen MR) is 31.3 cm³/mol. The second kappa shape index (κ2) is 5.63. The minimum Gasteiger partial charge on any atom is -0.312 e. The maximum atomic E-state index is 9.58. The van der Waals surface area contributed by atoms with Gasteiger partial charge in [0.15, 0.2) is 0 Å². The van der Waals surface area contributed by atoms with Crippen molar-refractivity contribution in [3.63, 3.8) is 0 Å². The molecule has 7 heavy (non-hydrogen) atoms. The number of nitrogens with one attached hydrogen (secondary N) is 1. The Hall–Kier alpha value is -0.370. The summed E-state index contributed by atoms with van der Waals surface area (Å²) in [6, 6.07) is 0. The minimum atomic E-state index is -0.204. The summed E-state index contributed by atoms with van der Waals surface area (Å²) in [4.78, 5) is 9.58. The molecule has 0 heterocycles. The normalized spacial score (nSPS) is 11.0. The van der Waals surface area contributed by atoms with Crippen molar-refractivity contribution in [2.75, 3.05) is 0 Å². The molecule has 0 bridgehead atoms. The first-order valence-electron chi connectivity index (χ1n) is 1.77. The van der Waals surface area contributed by atoms with Crippen molar-refractivity contribution < 1.29 is 4.79 Å². The summed E-state index contributed by atoms with van der Waals surface area (Å²) in [6.07, 6.45) is 1.83. The highest BCUT2D eigenvalue weighted by atomic mass is 35.5. The number of aldehydes is 1. The van der Waals surface area contributed by atoms with E-state index in [1.54, 1.807) is 6.92 Å². The van der Waals surface area contributed by atoms with Crippen LogP contribution in [0.5, 0.6) is 0 Å². The Morgan fingerprint density at radius 3 is 2.14 bits per heavy atom. The molecule has 0 aromatic carbocycles. The SMILES string of the molecule is CC(C=N)C=O.Cl. The summed E-state index contributed by atoms with van der Waals surface area (Å²) < 4.78 is 0. The summed E-state index contributed by atoms with van der Waals surface area (Å²) in [7, 11) is 0. The van der Waals surface area contributed by atoms with Gasteiger partial charge in [0.2, 0.25) is 0 Å². The first kappa shape index (κ1) is 9.80. The molecule has 0 radical (unpaired) electrons. The van der Waals surface area contributed by atoms with Crippen molar-refractivity contribution in [1.29, 1.82) is 5.41 Å². The predicted octanol–water partition coefficient (Wildman–Crippen LogP) is 0.893. The van der Waals surface area contributed by atoms with E-state index in [0.717, 1.165) is 12.5 Å². The quantitative estimate of drug-likeness (QED) is 0.428. The fraction of sp³-hybridized carbons (Fsp3) is 0.500. The van der Waals surface area contributed by atoms with Gasteiger partial charge in [-0.3, -0.25) is 0 Å². The van der Waals surface area contributed by atoms with E-state index in [1.165, 1.54) is 0 Å².